The van der Waals surface area contributed by atoms with Gasteiger partial charge >= 0.3 is 0 Å². The van der Waals surface area contributed by atoms with E-state index in [2.05, 4.69) is 51.5 Å². The van der Waals surface area contributed by atoms with Gasteiger partial charge in [-0.25, -0.2) is 4.98 Å². The van der Waals surface area contributed by atoms with E-state index in [0.717, 1.165) is 38.0 Å². The number of aromatic nitrogens is 1. The molecule has 2 rings (SSSR count). The molecule has 2 N–H and O–H groups in total. The first-order chi connectivity index (χ1) is 12.3. The minimum Gasteiger partial charge on any atom is -0.357 e. The average Bonchev–Trinajstić information content (AvgIpc) is 2.95. The maximum absolute atomic E-state index is 4.67. The van der Waals surface area contributed by atoms with Crippen LogP contribution in [0.4, 0.5) is 5.82 Å². The van der Waals surface area contributed by atoms with E-state index in [0.29, 0.717) is 5.92 Å². The highest BCUT2D eigenvalue weighted by Gasteiger charge is 2.11. The first kappa shape index (κ1) is 23.0. The van der Waals surface area contributed by atoms with Gasteiger partial charge in [0.2, 0.25) is 0 Å². The summed E-state index contributed by atoms with van der Waals surface area (Å²) in [5, 5.41) is 6.81. The molecule has 0 saturated carbocycles. The number of hydrogen-bond acceptors (Lipinski definition) is 3. The van der Waals surface area contributed by atoms with Crippen molar-refractivity contribution >= 4 is 35.8 Å². The highest BCUT2D eigenvalue weighted by Crippen LogP contribution is 2.17. The van der Waals surface area contributed by atoms with Gasteiger partial charge < -0.3 is 15.5 Å². The lowest BCUT2D eigenvalue weighted by atomic mass is 10.0. The van der Waals surface area contributed by atoms with Crippen molar-refractivity contribution in [2.45, 2.75) is 58.9 Å². The van der Waals surface area contributed by atoms with Gasteiger partial charge in [-0.3, -0.25) is 4.99 Å². The Morgan fingerprint density at radius 3 is 2.35 bits per heavy atom. The SMILES string of the molecule is CCC(CC)CNC(=NC)NCc1ccc(N2CCCCCC2)nc1.I. The summed E-state index contributed by atoms with van der Waals surface area (Å²) in [5.41, 5.74) is 1.18. The molecular weight excluding hydrogens is 437 g/mol. The fourth-order valence-corrected chi connectivity index (χ4v) is 3.23. The molecule has 0 amide bonds. The van der Waals surface area contributed by atoms with Crippen LogP contribution < -0.4 is 15.5 Å². The van der Waals surface area contributed by atoms with E-state index in [4.69, 9.17) is 0 Å². The summed E-state index contributed by atoms with van der Waals surface area (Å²) < 4.78 is 0. The zero-order valence-corrected chi connectivity index (χ0v) is 19.0. The Hall–Kier alpha value is -1.05. The van der Waals surface area contributed by atoms with Crippen LogP contribution >= 0.6 is 24.0 Å². The number of hydrogen-bond donors (Lipinski definition) is 2. The van der Waals surface area contributed by atoms with Crippen LogP contribution in [0, 0.1) is 5.92 Å². The zero-order valence-electron chi connectivity index (χ0n) is 16.6. The summed E-state index contributed by atoms with van der Waals surface area (Å²) >= 11 is 0. The molecule has 5 nitrogen and oxygen atoms in total. The van der Waals surface area contributed by atoms with Crippen molar-refractivity contribution < 1.29 is 0 Å². The summed E-state index contributed by atoms with van der Waals surface area (Å²) in [7, 11) is 1.82. The van der Waals surface area contributed by atoms with Crippen molar-refractivity contribution in [3.8, 4) is 0 Å². The van der Waals surface area contributed by atoms with Gasteiger partial charge in [-0.05, 0) is 30.4 Å². The normalized spacial score (nSPS) is 15.4. The second-order valence-electron chi connectivity index (χ2n) is 6.92. The van der Waals surface area contributed by atoms with Gasteiger partial charge in [0.15, 0.2) is 5.96 Å². The molecule has 0 spiro atoms. The number of pyridine rings is 1. The van der Waals surface area contributed by atoms with Crippen LogP contribution in [0.25, 0.3) is 0 Å². The summed E-state index contributed by atoms with van der Waals surface area (Å²) in [6.07, 6.45) is 9.64. The van der Waals surface area contributed by atoms with Gasteiger partial charge in [0.25, 0.3) is 0 Å². The van der Waals surface area contributed by atoms with Crippen molar-refractivity contribution in [2.24, 2.45) is 10.9 Å². The second kappa shape index (κ2) is 13.2. The van der Waals surface area contributed by atoms with Crippen molar-refractivity contribution in [2.75, 3.05) is 31.6 Å². The molecule has 1 fully saturated rings. The topological polar surface area (TPSA) is 52.6 Å². The monoisotopic (exact) mass is 473 g/mol. The zero-order chi connectivity index (χ0) is 17.9. The minimum absolute atomic E-state index is 0. The summed E-state index contributed by atoms with van der Waals surface area (Å²) in [6.45, 7) is 8.47. The van der Waals surface area contributed by atoms with Gasteiger partial charge in [0, 0.05) is 39.4 Å². The smallest absolute Gasteiger partial charge is 0.191 e. The molecule has 0 unspecified atom stereocenters. The third kappa shape index (κ3) is 7.68. The van der Waals surface area contributed by atoms with E-state index in [-0.39, 0.29) is 24.0 Å². The summed E-state index contributed by atoms with van der Waals surface area (Å²) in [6, 6.07) is 4.33. The highest BCUT2D eigenvalue weighted by molar-refractivity contribution is 14.0. The molecule has 6 heteroatoms. The molecule has 1 aromatic rings. The summed E-state index contributed by atoms with van der Waals surface area (Å²) in [5.74, 6) is 2.68. The van der Waals surface area contributed by atoms with E-state index < -0.39 is 0 Å². The standard InChI is InChI=1S/C20H35N5.HI/c1-4-17(5-2)14-23-20(21-3)24-16-18-10-11-19(22-15-18)25-12-8-6-7-9-13-25;/h10-11,15,17H,4-9,12-14,16H2,1-3H3,(H2,21,23,24);1H. The highest BCUT2D eigenvalue weighted by atomic mass is 127. The van der Waals surface area contributed by atoms with Crippen molar-refractivity contribution in [1.82, 2.24) is 15.6 Å². The van der Waals surface area contributed by atoms with E-state index in [1.165, 1.54) is 44.1 Å². The Morgan fingerprint density at radius 1 is 1.12 bits per heavy atom. The largest absolute Gasteiger partial charge is 0.357 e. The van der Waals surface area contributed by atoms with Gasteiger partial charge in [0.1, 0.15) is 5.82 Å². The Labute approximate surface area is 176 Å². The fourth-order valence-electron chi connectivity index (χ4n) is 3.23. The quantitative estimate of drug-likeness (QED) is 0.355. The molecule has 26 heavy (non-hydrogen) atoms. The Morgan fingerprint density at radius 2 is 1.81 bits per heavy atom. The Kier molecular flexibility index (Phi) is 11.6. The fraction of sp³-hybridized carbons (Fsp3) is 0.700. The van der Waals surface area contributed by atoms with Crippen molar-refractivity contribution in [1.29, 1.82) is 0 Å². The molecule has 0 aromatic carbocycles. The minimum atomic E-state index is 0. The van der Waals surface area contributed by atoms with E-state index in [1.54, 1.807) is 0 Å². The third-order valence-corrected chi connectivity index (χ3v) is 5.14. The molecular formula is C20H36IN5. The number of halogens is 1. The predicted octanol–water partition coefficient (Wildman–Crippen LogP) is 4.18. The average molecular weight is 473 g/mol. The molecule has 0 aliphatic carbocycles. The molecule has 1 aromatic heterocycles. The maximum atomic E-state index is 4.67. The molecule has 1 saturated heterocycles. The van der Waals surface area contributed by atoms with Gasteiger partial charge in [-0.15, -0.1) is 24.0 Å². The van der Waals surface area contributed by atoms with Crippen LogP contribution in [0.15, 0.2) is 23.3 Å². The van der Waals surface area contributed by atoms with Gasteiger partial charge in [0.05, 0.1) is 0 Å². The molecule has 148 valence electrons. The number of aliphatic imine (C=N–C) groups is 1. The second-order valence-corrected chi connectivity index (χ2v) is 6.92. The predicted molar refractivity (Wildman–Crippen MR) is 123 cm³/mol. The number of rotatable bonds is 7. The van der Waals surface area contributed by atoms with Gasteiger partial charge in [-0.1, -0.05) is 45.6 Å². The molecule has 0 bridgehead atoms. The summed E-state index contributed by atoms with van der Waals surface area (Å²) in [4.78, 5) is 11.4. The number of nitrogens with zero attached hydrogens (tertiary/aromatic N) is 3. The number of anilines is 1. The van der Waals surface area contributed by atoms with E-state index in [1.807, 2.05) is 13.2 Å². The van der Waals surface area contributed by atoms with Crippen LogP contribution in [0.5, 0.6) is 0 Å². The maximum Gasteiger partial charge on any atom is 0.191 e. The van der Waals surface area contributed by atoms with Crippen LogP contribution in [0.3, 0.4) is 0 Å². The third-order valence-electron chi connectivity index (χ3n) is 5.14. The lowest BCUT2D eigenvalue weighted by Gasteiger charge is -2.21. The van der Waals surface area contributed by atoms with Gasteiger partial charge in [-0.2, -0.15) is 0 Å². The lowest BCUT2D eigenvalue weighted by Crippen LogP contribution is -2.39. The van der Waals surface area contributed by atoms with E-state index in [9.17, 15) is 0 Å². The number of guanidine groups is 1. The van der Waals surface area contributed by atoms with Crippen LogP contribution in [0.1, 0.15) is 57.9 Å². The molecule has 2 heterocycles. The van der Waals surface area contributed by atoms with Crippen molar-refractivity contribution in [3.63, 3.8) is 0 Å². The molecule has 1 aliphatic heterocycles. The van der Waals surface area contributed by atoms with Crippen LogP contribution in [-0.4, -0.2) is 37.6 Å². The van der Waals surface area contributed by atoms with Crippen molar-refractivity contribution in [3.05, 3.63) is 23.9 Å². The molecule has 0 atom stereocenters. The Bertz CT molecular complexity index is 505. The number of nitrogens with one attached hydrogen (secondary N) is 2. The van der Waals surface area contributed by atoms with Crippen LogP contribution in [-0.2, 0) is 6.54 Å². The molecule has 1 aliphatic rings. The van der Waals surface area contributed by atoms with E-state index >= 15 is 0 Å². The molecule has 0 radical (unpaired) electrons. The Balaban J connectivity index is 0.00000338. The van der Waals surface area contributed by atoms with Crippen LogP contribution in [0.2, 0.25) is 0 Å². The first-order valence-corrected chi connectivity index (χ1v) is 9.91. The first-order valence-electron chi connectivity index (χ1n) is 9.91. The lowest BCUT2D eigenvalue weighted by molar-refractivity contribution is 0.481.